The van der Waals surface area contributed by atoms with Gasteiger partial charge in [-0.15, -0.1) is 24.0 Å². The Hall–Kier alpha value is -1.26. The molecule has 2 N–H and O–H groups in total. The van der Waals surface area contributed by atoms with E-state index in [9.17, 15) is 0 Å². The SMILES string of the molecule is CN=C(NCCCN(C)CCOC)NCC(C)Oc1ccccc1OC.I. The van der Waals surface area contributed by atoms with Crippen molar-refractivity contribution in [2.75, 3.05) is 61.1 Å². The summed E-state index contributed by atoms with van der Waals surface area (Å²) in [6.07, 6.45) is 1.01. The Labute approximate surface area is 180 Å². The maximum absolute atomic E-state index is 5.94. The van der Waals surface area contributed by atoms with Crippen LogP contribution in [-0.2, 0) is 4.74 Å². The summed E-state index contributed by atoms with van der Waals surface area (Å²) in [5.41, 5.74) is 0. The Morgan fingerprint density at radius 3 is 2.48 bits per heavy atom. The van der Waals surface area contributed by atoms with Crippen molar-refractivity contribution < 1.29 is 14.2 Å². The van der Waals surface area contributed by atoms with Gasteiger partial charge in [-0.1, -0.05) is 12.1 Å². The van der Waals surface area contributed by atoms with Crippen LogP contribution in [0.1, 0.15) is 13.3 Å². The second-order valence-corrected chi connectivity index (χ2v) is 6.11. The van der Waals surface area contributed by atoms with E-state index in [1.165, 1.54) is 0 Å². The van der Waals surface area contributed by atoms with Crippen LogP contribution in [0.15, 0.2) is 29.3 Å². The van der Waals surface area contributed by atoms with E-state index in [0.717, 1.165) is 50.1 Å². The van der Waals surface area contributed by atoms with Crippen molar-refractivity contribution >= 4 is 29.9 Å². The van der Waals surface area contributed by atoms with Crippen molar-refractivity contribution in [3.8, 4) is 11.5 Å². The molecule has 8 heteroatoms. The van der Waals surface area contributed by atoms with Gasteiger partial charge in [0.05, 0.1) is 20.3 Å². The van der Waals surface area contributed by atoms with Gasteiger partial charge in [0.25, 0.3) is 0 Å². The molecule has 1 aromatic rings. The molecule has 0 saturated heterocycles. The first-order valence-corrected chi connectivity index (χ1v) is 9.02. The topological polar surface area (TPSA) is 67.4 Å². The van der Waals surface area contributed by atoms with Gasteiger partial charge in [0.15, 0.2) is 17.5 Å². The van der Waals surface area contributed by atoms with E-state index in [1.54, 1.807) is 21.3 Å². The molecule has 0 aliphatic rings. The van der Waals surface area contributed by atoms with Crippen LogP contribution in [0.4, 0.5) is 0 Å². The van der Waals surface area contributed by atoms with Gasteiger partial charge in [-0.2, -0.15) is 0 Å². The highest BCUT2D eigenvalue weighted by atomic mass is 127. The highest BCUT2D eigenvalue weighted by Crippen LogP contribution is 2.26. The molecule has 156 valence electrons. The van der Waals surface area contributed by atoms with Crippen molar-refractivity contribution in [1.29, 1.82) is 0 Å². The number of ether oxygens (including phenoxy) is 3. The molecule has 0 fully saturated rings. The summed E-state index contributed by atoms with van der Waals surface area (Å²) < 4.78 is 16.3. The maximum atomic E-state index is 5.94. The second kappa shape index (κ2) is 15.8. The lowest BCUT2D eigenvalue weighted by Crippen LogP contribution is -2.42. The average molecular weight is 494 g/mol. The fourth-order valence-corrected chi connectivity index (χ4v) is 2.35. The van der Waals surface area contributed by atoms with Gasteiger partial charge in [0.2, 0.25) is 0 Å². The molecule has 0 saturated carbocycles. The van der Waals surface area contributed by atoms with Crippen LogP contribution in [0.3, 0.4) is 0 Å². The molecule has 1 atom stereocenters. The van der Waals surface area contributed by atoms with Crippen molar-refractivity contribution in [2.24, 2.45) is 4.99 Å². The van der Waals surface area contributed by atoms with E-state index < -0.39 is 0 Å². The van der Waals surface area contributed by atoms with E-state index in [1.807, 2.05) is 31.2 Å². The molecular formula is C19H35IN4O3. The highest BCUT2D eigenvalue weighted by molar-refractivity contribution is 14.0. The molecule has 0 aromatic heterocycles. The van der Waals surface area contributed by atoms with E-state index >= 15 is 0 Å². The molecule has 1 rings (SSSR count). The van der Waals surface area contributed by atoms with Crippen LogP contribution in [0.25, 0.3) is 0 Å². The summed E-state index contributed by atoms with van der Waals surface area (Å²) in [4.78, 5) is 6.50. The lowest BCUT2D eigenvalue weighted by atomic mass is 10.3. The molecular weight excluding hydrogens is 459 g/mol. The number of para-hydroxylation sites is 2. The van der Waals surface area contributed by atoms with E-state index in [4.69, 9.17) is 14.2 Å². The Morgan fingerprint density at radius 2 is 1.85 bits per heavy atom. The monoisotopic (exact) mass is 494 g/mol. The van der Waals surface area contributed by atoms with Gasteiger partial charge < -0.3 is 29.7 Å². The molecule has 0 bridgehead atoms. The molecule has 0 spiro atoms. The maximum Gasteiger partial charge on any atom is 0.191 e. The van der Waals surface area contributed by atoms with Gasteiger partial charge >= 0.3 is 0 Å². The third-order valence-electron chi connectivity index (χ3n) is 3.86. The lowest BCUT2D eigenvalue weighted by molar-refractivity contribution is 0.161. The summed E-state index contributed by atoms with van der Waals surface area (Å²) in [5.74, 6) is 2.26. The number of rotatable bonds is 12. The highest BCUT2D eigenvalue weighted by Gasteiger charge is 2.09. The number of halogens is 1. The quantitative estimate of drug-likeness (QED) is 0.201. The van der Waals surface area contributed by atoms with Crippen LogP contribution in [-0.4, -0.2) is 78.1 Å². The molecule has 0 aliphatic heterocycles. The molecule has 27 heavy (non-hydrogen) atoms. The Balaban J connectivity index is 0.00000676. The fraction of sp³-hybridized carbons (Fsp3) is 0.632. The first-order chi connectivity index (χ1) is 12.6. The number of nitrogens with one attached hydrogen (secondary N) is 2. The molecule has 0 radical (unpaired) electrons. The zero-order valence-electron chi connectivity index (χ0n) is 17.2. The van der Waals surface area contributed by atoms with Gasteiger partial charge in [-0.05, 0) is 39.1 Å². The summed E-state index contributed by atoms with van der Waals surface area (Å²) in [5, 5.41) is 6.61. The van der Waals surface area contributed by atoms with Crippen LogP contribution in [0.2, 0.25) is 0 Å². The summed E-state index contributed by atoms with van der Waals surface area (Å²) in [7, 11) is 7.24. The van der Waals surface area contributed by atoms with Crippen molar-refractivity contribution in [3.63, 3.8) is 0 Å². The van der Waals surface area contributed by atoms with Crippen molar-refractivity contribution in [2.45, 2.75) is 19.4 Å². The predicted octanol–water partition coefficient (Wildman–Crippen LogP) is 2.21. The minimum atomic E-state index is -0.0231. The molecule has 0 amide bonds. The number of hydrogen-bond donors (Lipinski definition) is 2. The first kappa shape index (κ1) is 25.7. The third-order valence-corrected chi connectivity index (χ3v) is 3.86. The van der Waals surface area contributed by atoms with Crippen LogP contribution in [0.5, 0.6) is 11.5 Å². The number of benzene rings is 1. The average Bonchev–Trinajstić information content (AvgIpc) is 2.66. The van der Waals surface area contributed by atoms with E-state index in [-0.39, 0.29) is 30.1 Å². The third kappa shape index (κ3) is 11.2. The van der Waals surface area contributed by atoms with Crippen LogP contribution in [0, 0.1) is 0 Å². The molecule has 0 heterocycles. The molecule has 0 aliphatic carbocycles. The number of aliphatic imine (C=N–C) groups is 1. The largest absolute Gasteiger partial charge is 0.493 e. The second-order valence-electron chi connectivity index (χ2n) is 6.11. The normalized spacial score (nSPS) is 12.3. The Bertz CT molecular complexity index is 531. The number of guanidine groups is 1. The smallest absolute Gasteiger partial charge is 0.191 e. The Morgan fingerprint density at radius 1 is 1.15 bits per heavy atom. The number of likely N-dealkylation sites (N-methyl/N-ethyl adjacent to an activating group) is 1. The van der Waals surface area contributed by atoms with E-state index in [2.05, 4.69) is 27.6 Å². The van der Waals surface area contributed by atoms with Gasteiger partial charge in [-0.3, -0.25) is 4.99 Å². The number of methoxy groups -OCH3 is 2. The van der Waals surface area contributed by atoms with Crippen LogP contribution >= 0.6 is 24.0 Å². The zero-order chi connectivity index (χ0) is 19.2. The van der Waals surface area contributed by atoms with Crippen molar-refractivity contribution in [1.82, 2.24) is 15.5 Å². The molecule has 1 aromatic carbocycles. The lowest BCUT2D eigenvalue weighted by Gasteiger charge is -2.19. The summed E-state index contributed by atoms with van der Waals surface area (Å²) >= 11 is 0. The summed E-state index contributed by atoms with van der Waals surface area (Å²) in [6.45, 7) is 6.24. The van der Waals surface area contributed by atoms with Crippen LogP contribution < -0.4 is 20.1 Å². The van der Waals surface area contributed by atoms with E-state index in [0.29, 0.717) is 6.54 Å². The predicted molar refractivity (Wildman–Crippen MR) is 122 cm³/mol. The fourth-order valence-electron chi connectivity index (χ4n) is 2.35. The van der Waals surface area contributed by atoms with Crippen molar-refractivity contribution in [3.05, 3.63) is 24.3 Å². The molecule has 1 unspecified atom stereocenters. The number of nitrogens with zero attached hydrogens (tertiary/aromatic N) is 2. The molecule has 7 nitrogen and oxygen atoms in total. The standard InChI is InChI=1S/C19H34N4O3.HI/c1-16(26-18-10-7-6-9-17(18)25-5)15-22-19(20-2)21-11-8-12-23(3)13-14-24-4;/h6-7,9-10,16H,8,11-15H2,1-5H3,(H2,20,21,22);1H. The zero-order valence-corrected chi connectivity index (χ0v) is 19.5. The number of hydrogen-bond acceptors (Lipinski definition) is 5. The minimum Gasteiger partial charge on any atom is -0.493 e. The Kier molecular flexibility index (Phi) is 15.0. The van der Waals surface area contributed by atoms with Gasteiger partial charge in [-0.25, -0.2) is 0 Å². The van der Waals surface area contributed by atoms with Gasteiger partial charge in [0, 0.05) is 27.2 Å². The first-order valence-electron chi connectivity index (χ1n) is 9.02. The summed E-state index contributed by atoms with van der Waals surface area (Å²) in [6, 6.07) is 7.65. The minimum absolute atomic E-state index is 0. The van der Waals surface area contributed by atoms with Gasteiger partial charge in [0.1, 0.15) is 6.10 Å².